The molecule has 0 saturated heterocycles. The molecule has 0 fully saturated rings. The molecule has 17 nitrogen and oxygen atoms in total. The Morgan fingerprint density at radius 2 is 0.462 bits per heavy atom. The summed E-state index contributed by atoms with van der Waals surface area (Å²) in [4.78, 5) is 72.6. The first-order chi connectivity index (χ1) is 43.6. The average molecular weight is 1340 g/mol. The van der Waals surface area contributed by atoms with Gasteiger partial charge in [0.05, 0.1) is 26.4 Å². The van der Waals surface area contributed by atoms with Gasteiger partial charge in [0.2, 0.25) is 0 Å². The van der Waals surface area contributed by atoms with Crippen LogP contribution in [0.15, 0.2) is 0 Å². The number of rotatable bonds is 69. The first-order valence-electron chi connectivity index (χ1n) is 37.2. The minimum Gasteiger partial charge on any atom is -0.462 e. The van der Waals surface area contributed by atoms with Gasteiger partial charge in [0.25, 0.3) is 0 Å². The van der Waals surface area contributed by atoms with Crippen molar-refractivity contribution in [2.75, 3.05) is 39.6 Å². The van der Waals surface area contributed by atoms with Gasteiger partial charge in [0.1, 0.15) is 19.3 Å². The Labute approximate surface area is 556 Å². The lowest BCUT2D eigenvalue weighted by molar-refractivity contribution is -0.161. The normalized spacial score (nSPS) is 14.2. The molecule has 0 amide bonds. The van der Waals surface area contributed by atoms with Crippen LogP contribution in [-0.4, -0.2) is 96.7 Å². The fourth-order valence-corrected chi connectivity index (χ4v) is 12.4. The smallest absolute Gasteiger partial charge is 0.462 e. The molecule has 0 bridgehead atoms. The number of phosphoric ester groups is 2. The first kappa shape index (κ1) is 89.1. The number of carbonyl (C=O) groups excluding carboxylic acids is 4. The highest BCUT2D eigenvalue weighted by molar-refractivity contribution is 7.47. The van der Waals surface area contributed by atoms with Crippen molar-refractivity contribution in [3.8, 4) is 0 Å². The average Bonchev–Trinajstić information content (AvgIpc) is 2.05. The van der Waals surface area contributed by atoms with Crippen molar-refractivity contribution in [1.29, 1.82) is 0 Å². The van der Waals surface area contributed by atoms with Gasteiger partial charge in [-0.1, -0.05) is 306 Å². The van der Waals surface area contributed by atoms with Crippen molar-refractivity contribution in [3.63, 3.8) is 0 Å². The van der Waals surface area contributed by atoms with Crippen LogP contribution in [-0.2, 0) is 65.4 Å². The van der Waals surface area contributed by atoms with Crippen molar-refractivity contribution >= 4 is 39.5 Å². The molecule has 0 aliphatic heterocycles. The van der Waals surface area contributed by atoms with Gasteiger partial charge in [-0.25, -0.2) is 9.13 Å². The number of aliphatic hydroxyl groups is 1. The Balaban J connectivity index is 5.27. The molecule has 540 valence electrons. The van der Waals surface area contributed by atoms with Gasteiger partial charge in [0, 0.05) is 25.7 Å². The van der Waals surface area contributed by atoms with Crippen LogP contribution in [0.25, 0.3) is 0 Å². The summed E-state index contributed by atoms with van der Waals surface area (Å²) in [6, 6.07) is 0. The topological polar surface area (TPSA) is 237 Å². The van der Waals surface area contributed by atoms with Gasteiger partial charge in [-0.15, -0.1) is 0 Å². The van der Waals surface area contributed by atoms with Crippen molar-refractivity contribution < 1.29 is 80.2 Å². The van der Waals surface area contributed by atoms with E-state index in [1.54, 1.807) is 0 Å². The number of unbranched alkanes of at least 4 members (excludes halogenated alkanes) is 35. The van der Waals surface area contributed by atoms with Crippen LogP contribution < -0.4 is 0 Å². The Bertz CT molecular complexity index is 1800. The minimum atomic E-state index is -4.95. The SMILES string of the molecule is CC(C)CCCCCCCCCCCCCCC(=O)O[C@H](COC(=O)CCCCCCCCCCCC(C)C)COP(=O)(O)OC[C@@H](O)COP(=O)(O)OC[C@@H](COC(=O)CCCCCCCCCCCC(C)C)OC(=O)CCCCCCCCCCCC(C)C. The fraction of sp³-hybridized carbons (Fsp3) is 0.944. The summed E-state index contributed by atoms with van der Waals surface area (Å²) in [5.41, 5.74) is 0. The maximum Gasteiger partial charge on any atom is 0.472 e. The van der Waals surface area contributed by atoms with Gasteiger partial charge >= 0.3 is 39.5 Å². The summed E-state index contributed by atoms with van der Waals surface area (Å²) < 4.78 is 68.4. The molecular formula is C72H140O17P2. The van der Waals surface area contributed by atoms with E-state index in [4.69, 9.17) is 37.0 Å². The van der Waals surface area contributed by atoms with Crippen LogP contribution in [0.4, 0.5) is 0 Å². The largest absolute Gasteiger partial charge is 0.472 e. The lowest BCUT2D eigenvalue weighted by Crippen LogP contribution is -2.30. The zero-order valence-electron chi connectivity index (χ0n) is 59.5. The zero-order valence-corrected chi connectivity index (χ0v) is 61.3. The molecule has 0 spiro atoms. The molecule has 0 radical (unpaired) electrons. The van der Waals surface area contributed by atoms with Gasteiger partial charge < -0.3 is 33.8 Å². The maximum atomic E-state index is 13.0. The van der Waals surface area contributed by atoms with E-state index in [9.17, 15) is 43.2 Å². The molecule has 0 saturated carbocycles. The predicted octanol–water partition coefficient (Wildman–Crippen LogP) is 20.5. The van der Waals surface area contributed by atoms with E-state index in [0.29, 0.717) is 25.7 Å². The summed E-state index contributed by atoms with van der Waals surface area (Å²) in [6.45, 7) is 14.1. The molecule has 0 aromatic carbocycles. The molecule has 19 heteroatoms. The zero-order chi connectivity index (χ0) is 67.5. The van der Waals surface area contributed by atoms with Gasteiger partial charge in [0.15, 0.2) is 12.2 Å². The maximum absolute atomic E-state index is 13.0. The molecule has 2 unspecified atom stereocenters. The second kappa shape index (κ2) is 61.6. The van der Waals surface area contributed by atoms with Crippen LogP contribution in [0, 0.1) is 23.7 Å². The Morgan fingerprint density at radius 3 is 0.681 bits per heavy atom. The second-order valence-electron chi connectivity index (χ2n) is 27.9. The number of aliphatic hydroxyl groups excluding tert-OH is 1. The quantitative estimate of drug-likeness (QED) is 0.0222. The second-order valence-corrected chi connectivity index (χ2v) is 30.8. The van der Waals surface area contributed by atoms with Crippen molar-refractivity contribution in [3.05, 3.63) is 0 Å². The number of hydrogen-bond acceptors (Lipinski definition) is 15. The summed E-state index contributed by atoms with van der Waals surface area (Å²) in [6.07, 6.45) is 44.4. The van der Waals surface area contributed by atoms with Crippen LogP contribution in [0.3, 0.4) is 0 Å². The fourth-order valence-electron chi connectivity index (χ4n) is 10.8. The molecule has 0 aromatic heterocycles. The van der Waals surface area contributed by atoms with Crippen LogP contribution in [0.5, 0.6) is 0 Å². The van der Waals surface area contributed by atoms with Gasteiger partial charge in [-0.05, 0) is 49.4 Å². The number of ether oxygens (including phenoxy) is 4. The molecule has 0 heterocycles. The molecule has 0 aliphatic rings. The number of carbonyl (C=O) groups is 4. The van der Waals surface area contributed by atoms with E-state index in [2.05, 4.69) is 55.4 Å². The summed E-state index contributed by atoms with van der Waals surface area (Å²) in [5, 5.41) is 10.6. The number of phosphoric acid groups is 2. The monoisotopic (exact) mass is 1340 g/mol. The molecule has 0 rings (SSSR count). The van der Waals surface area contributed by atoms with Crippen LogP contribution >= 0.6 is 15.6 Å². The third kappa shape index (κ3) is 66.5. The van der Waals surface area contributed by atoms with Crippen molar-refractivity contribution in [1.82, 2.24) is 0 Å². The van der Waals surface area contributed by atoms with Crippen LogP contribution in [0.1, 0.15) is 357 Å². The van der Waals surface area contributed by atoms with Crippen molar-refractivity contribution in [2.24, 2.45) is 23.7 Å². The molecule has 3 N–H and O–H groups in total. The minimum absolute atomic E-state index is 0.104. The molecule has 0 aromatic rings. The van der Waals surface area contributed by atoms with E-state index in [1.807, 2.05) is 0 Å². The van der Waals surface area contributed by atoms with Gasteiger partial charge in [-0.3, -0.25) is 37.3 Å². The lowest BCUT2D eigenvalue weighted by atomic mass is 10.0. The van der Waals surface area contributed by atoms with Crippen LogP contribution in [0.2, 0.25) is 0 Å². The molecular weight excluding hydrogens is 1200 g/mol. The van der Waals surface area contributed by atoms with E-state index in [0.717, 1.165) is 114 Å². The van der Waals surface area contributed by atoms with E-state index in [1.165, 1.54) is 161 Å². The first-order valence-corrected chi connectivity index (χ1v) is 40.2. The van der Waals surface area contributed by atoms with E-state index in [-0.39, 0.29) is 25.7 Å². The summed E-state index contributed by atoms with van der Waals surface area (Å²) >= 11 is 0. The van der Waals surface area contributed by atoms with E-state index < -0.39 is 97.5 Å². The third-order valence-electron chi connectivity index (χ3n) is 16.6. The Kier molecular flexibility index (Phi) is 60.3. The highest BCUT2D eigenvalue weighted by Crippen LogP contribution is 2.45. The standard InChI is InChI=1S/C72H140O17P2/c1-62(2)48-40-32-24-16-11-9-10-12-20-30-38-46-54-71(76)88-67(58-82-69(74)52-44-36-28-21-13-17-25-33-41-49-63(3)4)60-86-90(78,79)84-56-66(73)57-85-91(80,81)87-61-68(89-72(77)55-47-39-31-23-15-19-27-35-43-51-65(7)8)59-83-70(75)53-45-37-29-22-14-18-26-34-42-50-64(5)6/h62-68,73H,9-61H2,1-8H3,(H,78,79)(H,80,81)/t66-,67-,68-/m1/s1. The highest BCUT2D eigenvalue weighted by Gasteiger charge is 2.30. The Hall–Kier alpha value is -1.94. The highest BCUT2D eigenvalue weighted by atomic mass is 31.2. The Morgan fingerprint density at radius 1 is 0.275 bits per heavy atom. The molecule has 5 atom stereocenters. The number of hydrogen-bond donors (Lipinski definition) is 3. The van der Waals surface area contributed by atoms with E-state index >= 15 is 0 Å². The third-order valence-corrected chi connectivity index (χ3v) is 18.5. The number of esters is 4. The molecule has 0 aliphatic carbocycles. The predicted molar refractivity (Wildman–Crippen MR) is 367 cm³/mol. The van der Waals surface area contributed by atoms with Gasteiger partial charge in [-0.2, -0.15) is 0 Å². The summed E-state index contributed by atoms with van der Waals surface area (Å²) in [5.74, 6) is 0.874. The molecule has 91 heavy (non-hydrogen) atoms. The summed E-state index contributed by atoms with van der Waals surface area (Å²) in [7, 11) is -9.91. The lowest BCUT2D eigenvalue weighted by Gasteiger charge is -2.21. The van der Waals surface area contributed by atoms with Crippen molar-refractivity contribution in [2.45, 2.75) is 375 Å².